The fourth-order valence-electron chi connectivity index (χ4n) is 1.36. The van der Waals surface area contributed by atoms with E-state index in [4.69, 9.17) is 4.74 Å². The molecule has 88 valence electrons. The highest BCUT2D eigenvalue weighted by Gasteiger charge is 2.10. The van der Waals surface area contributed by atoms with Crippen LogP contribution in [0.2, 0.25) is 0 Å². The van der Waals surface area contributed by atoms with E-state index in [1.165, 1.54) is 0 Å². The summed E-state index contributed by atoms with van der Waals surface area (Å²) in [4.78, 5) is 10.9. The summed E-state index contributed by atoms with van der Waals surface area (Å²) < 4.78 is 5.63. The molecule has 0 saturated carbocycles. The third-order valence-electron chi connectivity index (χ3n) is 2.40. The van der Waals surface area contributed by atoms with Crippen LogP contribution in [0.4, 0.5) is 0 Å². The first-order chi connectivity index (χ1) is 7.42. The van der Waals surface area contributed by atoms with Gasteiger partial charge in [-0.15, -0.1) is 0 Å². The lowest BCUT2D eigenvalue weighted by atomic mass is 9.93. The number of hydrogen-bond donors (Lipinski definition) is 0. The van der Waals surface area contributed by atoms with E-state index in [0.717, 1.165) is 18.3 Å². The van der Waals surface area contributed by atoms with E-state index in [-0.39, 0.29) is 5.41 Å². The highest BCUT2D eigenvalue weighted by atomic mass is 16.5. The lowest BCUT2D eigenvalue weighted by molar-refractivity contribution is 0.111. The predicted octanol–water partition coefficient (Wildman–Crippen LogP) is 3.62. The van der Waals surface area contributed by atoms with E-state index < -0.39 is 0 Å². The third kappa shape index (κ3) is 4.05. The molecule has 0 atom stereocenters. The zero-order valence-corrected chi connectivity index (χ0v) is 10.5. The first-order valence-corrected chi connectivity index (χ1v) is 5.61. The Labute approximate surface area is 97.6 Å². The summed E-state index contributed by atoms with van der Waals surface area (Å²) in [5, 5.41) is 0. The van der Waals surface area contributed by atoms with Crippen molar-refractivity contribution in [1.29, 1.82) is 0 Å². The summed E-state index contributed by atoms with van der Waals surface area (Å²) in [5.41, 5.74) is 1.96. The van der Waals surface area contributed by atoms with E-state index in [0.29, 0.717) is 17.9 Å². The summed E-state index contributed by atoms with van der Waals surface area (Å²) in [6.07, 6.45) is 1.82. The van der Waals surface area contributed by atoms with Crippen LogP contribution in [-0.4, -0.2) is 12.9 Å². The van der Waals surface area contributed by atoms with Crippen LogP contribution < -0.4 is 4.74 Å². The van der Waals surface area contributed by atoms with Crippen molar-refractivity contribution in [3.05, 3.63) is 29.3 Å². The Morgan fingerprint density at radius 2 is 2.00 bits per heavy atom. The maximum atomic E-state index is 10.9. The highest BCUT2D eigenvalue weighted by Crippen LogP contribution is 2.22. The molecule has 0 aliphatic heterocycles. The Hall–Kier alpha value is -1.31. The molecule has 0 aliphatic rings. The lowest BCUT2D eigenvalue weighted by Gasteiger charge is -2.18. The number of carbonyl (C=O) groups excluding carboxylic acids is 1. The van der Waals surface area contributed by atoms with Crippen molar-refractivity contribution in [2.45, 2.75) is 34.1 Å². The summed E-state index contributed by atoms with van der Waals surface area (Å²) in [7, 11) is 0. The molecule has 0 aliphatic carbocycles. The SMILES string of the molecule is Cc1ccc(OCCC(C)(C)C)c(C=O)c1. The van der Waals surface area contributed by atoms with E-state index >= 15 is 0 Å². The molecule has 0 unspecified atom stereocenters. The van der Waals surface area contributed by atoms with Gasteiger partial charge >= 0.3 is 0 Å². The van der Waals surface area contributed by atoms with Gasteiger partial charge < -0.3 is 4.74 Å². The molecule has 1 aromatic carbocycles. The quantitative estimate of drug-likeness (QED) is 0.724. The number of aldehydes is 1. The van der Waals surface area contributed by atoms with Gasteiger partial charge in [-0.25, -0.2) is 0 Å². The van der Waals surface area contributed by atoms with E-state index in [1.54, 1.807) is 0 Å². The second kappa shape index (κ2) is 5.15. The van der Waals surface area contributed by atoms with Gasteiger partial charge in [0.15, 0.2) is 6.29 Å². The maximum Gasteiger partial charge on any atom is 0.153 e. The monoisotopic (exact) mass is 220 g/mol. The summed E-state index contributed by atoms with van der Waals surface area (Å²) in [6.45, 7) is 9.13. The minimum atomic E-state index is 0.256. The number of rotatable bonds is 4. The molecule has 0 fully saturated rings. The van der Waals surface area contributed by atoms with Crippen molar-refractivity contribution in [2.75, 3.05) is 6.61 Å². The molecule has 0 N–H and O–H groups in total. The van der Waals surface area contributed by atoms with Crippen LogP contribution in [0.5, 0.6) is 5.75 Å². The molecule has 0 amide bonds. The number of ether oxygens (including phenoxy) is 1. The van der Waals surface area contributed by atoms with Crippen LogP contribution in [0, 0.1) is 12.3 Å². The molecule has 1 aromatic rings. The average molecular weight is 220 g/mol. The van der Waals surface area contributed by atoms with Crippen LogP contribution in [-0.2, 0) is 0 Å². The molecular formula is C14H20O2. The summed E-state index contributed by atoms with van der Waals surface area (Å²) in [6, 6.07) is 5.67. The van der Waals surface area contributed by atoms with Crippen molar-refractivity contribution >= 4 is 6.29 Å². The number of carbonyl (C=O) groups is 1. The molecule has 0 heterocycles. The Balaban J connectivity index is 2.63. The Morgan fingerprint density at radius 3 is 2.56 bits per heavy atom. The van der Waals surface area contributed by atoms with E-state index in [2.05, 4.69) is 20.8 Å². The van der Waals surface area contributed by atoms with Crippen LogP contribution in [0.25, 0.3) is 0 Å². The van der Waals surface area contributed by atoms with Crippen LogP contribution in [0.3, 0.4) is 0 Å². The van der Waals surface area contributed by atoms with Gasteiger partial charge in [0.1, 0.15) is 5.75 Å². The van der Waals surface area contributed by atoms with E-state index in [1.807, 2.05) is 25.1 Å². The number of benzene rings is 1. The zero-order chi connectivity index (χ0) is 12.2. The largest absolute Gasteiger partial charge is 0.493 e. The van der Waals surface area contributed by atoms with Crippen molar-refractivity contribution in [2.24, 2.45) is 5.41 Å². The Morgan fingerprint density at radius 1 is 1.31 bits per heavy atom. The first-order valence-electron chi connectivity index (χ1n) is 5.61. The van der Waals surface area contributed by atoms with Gasteiger partial charge in [-0.2, -0.15) is 0 Å². The molecule has 1 rings (SSSR count). The summed E-state index contributed by atoms with van der Waals surface area (Å²) >= 11 is 0. The minimum Gasteiger partial charge on any atom is -0.493 e. The maximum absolute atomic E-state index is 10.9. The standard InChI is InChI=1S/C14H20O2/c1-11-5-6-13(12(9-11)10-15)16-8-7-14(2,3)4/h5-6,9-10H,7-8H2,1-4H3. The van der Waals surface area contributed by atoms with Crippen LogP contribution >= 0.6 is 0 Å². The minimum absolute atomic E-state index is 0.256. The molecule has 0 radical (unpaired) electrons. The van der Waals surface area contributed by atoms with Crippen LogP contribution in [0.15, 0.2) is 18.2 Å². The lowest BCUT2D eigenvalue weighted by Crippen LogP contribution is -2.11. The first kappa shape index (κ1) is 12.8. The fourth-order valence-corrected chi connectivity index (χ4v) is 1.36. The smallest absolute Gasteiger partial charge is 0.153 e. The van der Waals surface area contributed by atoms with Crippen molar-refractivity contribution in [1.82, 2.24) is 0 Å². The molecule has 16 heavy (non-hydrogen) atoms. The average Bonchev–Trinajstić information content (AvgIpc) is 2.18. The second-order valence-electron chi connectivity index (χ2n) is 5.32. The van der Waals surface area contributed by atoms with Gasteiger partial charge in [0.25, 0.3) is 0 Å². The van der Waals surface area contributed by atoms with Gasteiger partial charge in [0.2, 0.25) is 0 Å². The molecule has 2 heteroatoms. The predicted molar refractivity (Wildman–Crippen MR) is 66.1 cm³/mol. The van der Waals surface area contributed by atoms with Crippen molar-refractivity contribution < 1.29 is 9.53 Å². The Kier molecular flexibility index (Phi) is 4.11. The molecule has 2 nitrogen and oxygen atoms in total. The topological polar surface area (TPSA) is 26.3 Å². The van der Waals surface area contributed by atoms with Crippen LogP contribution in [0.1, 0.15) is 43.1 Å². The van der Waals surface area contributed by atoms with Gasteiger partial charge in [-0.05, 0) is 30.9 Å². The third-order valence-corrected chi connectivity index (χ3v) is 2.40. The van der Waals surface area contributed by atoms with Gasteiger partial charge in [0, 0.05) is 0 Å². The van der Waals surface area contributed by atoms with Crippen molar-refractivity contribution in [3.8, 4) is 5.75 Å². The van der Waals surface area contributed by atoms with Gasteiger partial charge in [-0.3, -0.25) is 4.79 Å². The zero-order valence-electron chi connectivity index (χ0n) is 10.5. The van der Waals surface area contributed by atoms with Gasteiger partial charge in [0.05, 0.1) is 12.2 Å². The molecule has 0 spiro atoms. The normalized spacial score (nSPS) is 11.2. The number of aryl methyl sites for hydroxylation is 1. The highest BCUT2D eigenvalue weighted by molar-refractivity contribution is 5.79. The second-order valence-corrected chi connectivity index (χ2v) is 5.32. The molecule has 0 aromatic heterocycles. The molecule has 0 bridgehead atoms. The fraction of sp³-hybridized carbons (Fsp3) is 0.500. The molecular weight excluding hydrogens is 200 g/mol. The van der Waals surface area contributed by atoms with E-state index in [9.17, 15) is 4.79 Å². The number of hydrogen-bond acceptors (Lipinski definition) is 2. The van der Waals surface area contributed by atoms with Gasteiger partial charge in [-0.1, -0.05) is 32.4 Å². The molecule has 0 saturated heterocycles. The summed E-state index contributed by atoms with van der Waals surface area (Å²) in [5.74, 6) is 0.685. The Bertz CT molecular complexity index is 361. The van der Waals surface area contributed by atoms with Crippen molar-refractivity contribution in [3.63, 3.8) is 0 Å².